The lowest BCUT2D eigenvalue weighted by atomic mass is 10.2. The van der Waals surface area contributed by atoms with Crippen LogP contribution in [0.15, 0.2) is 30.7 Å². The molecule has 2 aliphatic rings. The topological polar surface area (TPSA) is 117 Å². The van der Waals surface area contributed by atoms with E-state index < -0.39 is 11.4 Å². The minimum atomic E-state index is -0.711. The minimum absolute atomic E-state index is 0.0576. The number of halogens is 1. The summed E-state index contributed by atoms with van der Waals surface area (Å²) >= 11 is 0. The molecule has 33 heavy (non-hydrogen) atoms. The molecule has 172 valence electrons. The number of nitrogens with zero attached hydrogens (tertiary/aromatic N) is 6. The number of aromatic hydroxyl groups is 1. The van der Waals surface area contributed by atoms with Gasteiger partial charge in [0, 0.05) is 19.2 Å². The van der Waals surface area contributed by atoms with E-state index >= 15 is 0 Å². The van der Waals surface area contributed by atoms with Gasteiger partial charge < -0.3 is 25.0 Å². The number of hydrogen-bond donors (Lipinski definition) is 2. The number of amides is 1. The van der Waals surface area contributed by atoms with Crippen molar-refractivity contribution >= 4 is 34.6 Å². The first-order valence-corrected chi connectivity index (χ1v) is 10.7. The van der Waals surface area contributed by atoms with Crippen LogP contribution in [0.3, 0.4) is 0 Å². The average molecular weight is 453 g/mol. The minimum Gasteiger partial charge on any atom is -0.506 e. The molecule has 0 unspecified atom stereocenters. The van der Waals surface area contributed by atoms with Gasteiger partial charge in [-0.2, -0.15) is 0 Å². The molecule has 10 nitrogen and oxygen atoms in total. The van der Waals surface area contributed by atoms with Gasteiger partial charge in [-0.15, -0.1) is 0 Å². The number of hydrogen-bond acceptors (Lipinski definition) is 9. The van der Waals surface area contributed by atoms with E-state index in [0.717, 1.165) is 24.5 Å². The molecule has 3 aromatic heterocycles. The third-order valence-electron chi connectivity index (χ3n) is 5.69. The van der Waals surface area contributed by atoms with E-state index in [4.69, 9.17) is 9.72 Å². The van der Waals surface area contributed by atoms with E-state index in [2.05, 4.69) is 25.2 Å². The standard InChI is InChI=1S/C22H24FN7O3/c1-22(2,3)33-21(32)30-10-12-6-13(30)9-29(12)17-5-4-16-18(27-17)20(26-11-25-16)28-19-15(23)7-14(31)8-24-19/h4-5,7-8,11-13,31H,6,9-10H2,1-3H3,(H,24,25,26,28)/t12-,13-/m0/s1. The number of carbonyl (C=O) groups is 1. The van der Waals surface area contributed by atoms with Crippen LogP contribution in [0.1, 0.15) is 27.2 Å². The fourth-order valence-electron chi connectivity index (χ4n) is 4.30. The van der Waals surface area contributed by atoms with Crippen molar-refractivity contribution in [1.29, 1.82) is 0 Å². The lowest BCUT2D eigenvalue weighted by Gasteiger charge is -2.35. The number of fused-ring (bicyclic) bond motifs is 3. The predicted octanol–water partition coefficient (Wildman–Crippen LogP) is 3.21. The number of nitrogens with one attached hydrogen (secondary N) is 1. The van der Waals surface area contributed by atoms with Crippen molar-refractivity contribution in [2.24, 2.45) is 0 Å². The molecule has 2 aliphatic heterocycles. The number of carbonyl (C=O) groups excluding carboxylic acids is 1. The summed E-state index contributed by atoms with van der Waals surface area (Å²) in [5.41, 5.74) is 0.527. The summed E-state index contributed by atoms with van der Waals surface area (Å²) in [6.07, 6.45) is 3.06. The first-order chi connectivity index (χ1) is 15.7. The molecule has 0 aliphatic carbocycles. The smallest absolute Gasteiger partial charge is 0.410 e. The number of ether oxygens (including phenoxy) is 1. The monoisotopic (exact) mass is 453 g/mol. The van der Waals surface area contributed by atoms with Crippen molar-refractivity contribution in [1.82, 2.24) is 24.8 Å². The van der Waals surface area contributed by atoms with Gasteiger partial charge in [-0.1, -0.05) is 0 Å². The van der Waals surface area contributed by atoms with Gasteiger partial charge in [0.15, 0.2) is 17.5 Å². The lowest BCUT2D eigenvalue weighted by molar-refractivity contribution is 0.0214. The second kappa shape index (κ2) is 7.68. The molecule has 11 heteroatoms. The zero-order chi connectivity index (χ0) is 23.3. The van der Waals surface area contributed by atoms with Crippen molar-refractivity contribution in [2.75, 3.05) is 23.3 Å². The summed E-state index contributed by atoms with van der Waals surface area (Å²) < 4.78 is 19.7. The number of anilines is 3. The van der Waals surface area contributed by atoms with Gasteiger partial charge in [0.1, 0.15) is 29.0 Å². The fraction of sp³-hybridized carbons (Fsp3) is 0.409. The zero-order valence-corrected chi connectivity index (χ0v) is 18.5. The number of likely N-dealkylation sites (tertiary alicyclic amines) is 1. The largest absolute Gasteiger partial charge is 0.506 e. The van der Waals surface area contributed by atoms with Gasteiger partial charge in [-0.25, -0.2) is 29.1 Å². The van der Waals surface area contributed by atoms with Crippen LogP contribution < -0.4 is 10.2 Å². The molecule has 2 atom stereocenters. The van der Waals surface area contributed by atoms with E-state index in [-0.39, 0.29) is 29.7 Å². The summed E-state index contributed by atoms with van der Waals surface area (Å²) in [5.74, 6) is -0.0183. The SMILES string of the molecule is CC(C)(C)OC(=O)N1C[C@@H]2C[C@H]1CN2c1ccc2ncnc(Nc3ncc(O)cc3F)c2n1. The Bertz CT molecular complexity index is 1230. The maximum Gasteiger partial charge on any atom is 0.410 e. The molecule has 0 radical (unpaired) electrons. The Hall–Kier alpha value is -3.76. The van der Waals surface area contributed by atoms with E-state index in [1.807, 2.05) is 32.9 Å². The van der Waals surface area contributed by atoms with E-state index in [0.29, 0.717) is 29.9 Å². The summed E-state index contributed by atoms with van der Waals surface area (Å²) in [7, 11) is 0. The molecule has 0 spiro atoms. The molecule has 2 saturated heterocycles. The Balaban J connectivity index is 1.39. The molecule has 1 amide bonds. The van der Waals surface area contributed by atoms with Crippen LogP contribution in [0.4, 0.5) is 26.6 Å². The fourth-order valence-corrected chi connectivity index (χ4v) is 4.30. The predicted molar refractivity (Wildman–Crippen MR) is 119 cm³/mol. The Kier molecular flexibility index (Phi) is 4.91. The van der Waals surface area contributed by atoms with Gasteiger partial charge in [0.05, 0.1) is 23.8 Å². The van der Waals surface area contributed by atoms with Crippen LogP contribution in [0.5, 0.6) is 5.75 Å². The van der Waals surface area contributed by atoms with Crippen LogP contribution in [-0.4, -0.2) is 66.8 Å². The van der Waals surface area contributed by atoms with Crippen molar-refractivity contribution in [3.8, 4) is 5.75 Å². The van der Waals surface area contributed by atoms with Crippen LogP contribution in [0, 0.1) is 5.82 Å². The number of pyridine rings is 2. The normalized spacial score (nSPS) is 19.9. The second-order valence-electron chi connectivity index (χ2n) is 9.24. The van der Waals surface area contributed by atoms with Crippen molar-refractivity contribution in [3.63, 3.8) is 0 Å². The van der Waals surface area contributed by atoms with E-state index in [9.17, 15) is 14.3 Å². The second-order valence-corrected chi connectivity index (χ2v) is 9.24. The Labute approximate surface area is 189 Å². The van der Waals surface area contributed by atoms with Crippen LogP contribution in [-0.2, 0) is 4.74 Å². The molecule has 2 fully saturated rings. The maximum absolute atomic E-state index is 14.2. The van der Waals surface area contributed by atoms with Gasteiger partial charge in [-0.05, 0) is 39.3 Å². The molecule has 3 aromatic rings. The van der Waals surface area contributed by atoms with Gasteiger partial charge in [0.25, 0.3) is 0 Å². The van der Waals surface area contributed by atoms with Gasteiger partial charge in [0.2, 0.25) is 0 Å². The van der Waals surface area contributed by atoms with Crippen molar-refractivity contribution in [2.45, 2.75) is 44.9 Å². The van der Waals surface area contributed by atoms with Crippen molar-refractivity contribution in [3.05, 3.63) is 36.5 Å². The number of piperazine rings is 1. The summed E-state index contributed by atoms with van der Waals surface area (Å²) in [4.78, 5) is 33.6. The summed E-state index contributed by atoms with van der Waals surface area (Å²) in [5, 5.41) is 12.2. The summed E-state index contributed by atoms with van der Waals surface area (Å²) in [6.45, 7) is 6.79. The molecule has 0 aromatic carbocycles. The Morgan fingerprint density at radius 3 is 2.70 bits per heavy atom. The summed E-state index contributed by atoms with van der Waals surface area (Å²) in [6, 6.07) is 4.88. The molecule has 5 rings (SSSR count). The highest BCUT2D eigenvalue weighted by Crippen LogP contribution is 2.35. The third-order valence-corrected chi connectivity index (χ3v) is 5.69. The average Bonchev–Trinajstić information content (AvgIpc) is 3.36. The molecule has 0 saturated carbocycles. The highest BCUT2D eigenvalue weighted by atomic mass is 19.1. The highest BCUT2D eigenvalue weighted by Gasteiger charge is 2.47. The van der Waals surface area contributed by atoms with Crippen LogP contribution >= 0.6 is 0 Å². The first-order valence-electron chi connectivity index (χ1n) is 10.7. The zero-order valence-electron chi connectivity index (χ0n) is 18.5. The van der Waals surface area contributed by atoms with Gasteiger partial charge in [-0.3, -0.25) is 0 Å². The molecular formula is C22H24FN7O3. The number of rotatable bonds is 3. The Morgan fingerprint density at radius 2 is 2.00 bits per heavy atom. The first kappa shape index (κ1) is 21.1. The molecular weight excluding hydrogens is 429 g/mol. The highest BCUT2D eigenvalue weighted by molar-refractivity contribution is 5.88. The maximum atomic E-state index is 14.2. The molecule has 2 bridgehead atoms. The molecule has 2 N–H and O–H groups in total. The van der Waals surface area contributed by atoms with Gasteiger partial charge >= 0.3 is 6.09 Å². The van der Waals surface area contributed by atoms with Crippen LogP contribution in [0.2, 0.25) is 0 Å². The quantitative estimate of drug-likeness (QED) is 0.616. The van der Waals surface area contributed by atoms with E-state index in [1.54, 1.807) is 4.90 Å². The Morgan fingerprint density at radius 1 is 1.18 bits per heavy atom. The number of aromatic nitrogens is 4. The van der Waals surface area contributed by atoms with Crippen LogP contribution in [0.25, 0.3) is 11.0 Å². The van der Waals surface area contributed by atoms with E-state index in [1.165, 1.54) is 6.33 Å². The van der Waals surface area contributed by atoms with Crippen molar-refractivity contribution < 1.29 is 19.0 Å². The lowest BCUT2D eigenvalue weighted by Crippen LogP contribution is -2.50. The third kappa shape index (κ3) is 4.06. The molecule has 5 heterocycles.